The number of carbonyl (C=O) groups is 1. The maximum absolute atomic E-state index is 12.6. The Kier molecular flexibility index (Phi) is 5.49. The molecule has 27 heavy (non-hydrogen) atoms. The molecule has 1 aromatic heterocycles. The number of aromatic nitrogens is 2. The van der Waals surface area contributed by atoms with Crippen LogP contribution in [-0.2, 0) is 0 Å². The van der Waals surface area contributed by atoms with Crippen LogP contribution in [0.2, 0.25) is 0 Å². The van der Waals surface area contributed by atoms with Gasteiger partial charge < -0.3 is 15.2 Å². The van der Waals surface area contributed by atoms with Crippen molar-refractivity contribution < 1.29 is 4.79 Å². The van der Waals surface area contributed by atoms with E-state index < -0.39 is 0 Å². The van der Waals surface area contributed by atoms with Gasteiger partial charge >= 0.3 is 0 Å². The van der Waals surface area contributed by atoms with Gasteiger partial charge in [0.25, 0.3) is 5.91 Å². The third-order valence-corrected chi connectivity index (χ3v) is 5.29. The van der Waals surface area contributed by atoms with Gasteiger partial charge in [-0.05, 0) is 61.3 Å². The van der Waals surface area contributed by atoms with Crippen molar-refractivity contribution >= 4 is 16.9 Å². The number of hydrogen-bond acceptors (Lipinski definition) is 3. The van der Waals surface area contributed by atoms with Crippen molar-refractivity contribution in [3.63, 3.8) is 0 Å². The number of carbonyl (C=O) groups excluding carboxylic acids is 1. The summed E-state index contributed by atoms with van der Waals surface area (Å²) in [5.41, 5.74) is 4.76. The van der Waals surface area contributed by atoms with Crippen molar-refractivity contribution in [1.82, 2.24) is 20.2 Å². The number of imidazole rings is 1. The van der Waals surface area contributed by atoms with Crippen LogP contribution in [0, 0.1) is 0 Å². The van der Waals surface area contributed by atoms with Gasteiger partial charge in [0.1, 0.15) is 0 Å². The maximum atomic E-state index is 12.6. The summed E-state index contributed by atoms with van der Waals surface area (Å²) in [5.74, 6) is -0.00529. The molecule has 2 heterocycles. The predicted molar refractivity (Wildman–Crippen MR) is 109 cm³/mol. The van der Waals surface area contributed by atoms with Crippen LogP contribution in [0.5, 0.6) is 0 Å². The number of likely N-dealkylation sites (tertiary alicyclic amines) is 1. The van der Waals surface area contributed by atoms with Gasteiger partial charge in [0.2, 0.25) is 0 Å². The van der Waals surface area contributed by atoms with Gasteiger partial charge in [-0.2, -0.15) is 0 Å². The minimum Gasteiger partial charge on any atom is -0.351 e. The second-order valence-corrected chi connectivity index (χ2v) is 7.23. The average molecular weight is 362 g/mol. The highest BCUT2D eigenvalue weighted by atomic mass is 16.1. The maximum Gasteiger partial charge on any atom is 0.251 e. The number of nitrogens with one attached hydrogen (secondary N) is 2. The van der Waals surface area contributed by atoms with Crippen LogP contribution in [0.3, 0.4) is 0 Å². The molecule has 1 aliphatic heterocycles. The molecule has 1 amide bonds. The van der Waals surface area contributed by atoms with E-state index >= 15 is 0 Å². The molecule has 0 saturated carbocycles. The second-order valence-electron chi connectivity index (χ2n) is 7.23. The normalized spacial score (nSPS) is 15.6. The molecule has 0 spiro atoms. The van der Waals surface area contributed by atoms with E-state index in [0.717, 1.165) is 41.8 Å². The molecule has 1 fully saturated rings. The second kappa shape index (κ2) is 8.35. The molecular weight excluding hydrogens is 336 g/mol. The van der Waals surface area contributed by atoms with E-state index in [1.54, 1.807) is 6.33 Å². The molecule has 0 atom stereocenters. The van der Waals surface area contributed by atoms with Crippen LogP contribution in [0.4, 0.5) is 0 Å². The number of hydrogen-bond donors (Lipinski definition) is 2. The summed E-state index contributed by atoms with van der Waals surface area (Å²) in [6.45, 7) is 3.94. The van der Waals surface area contributed by atoms with Crippen molar-refractivity contribution in [3.05, 3.63) is 54.4 Å². The quantitative estimate of drug-likeness (QED) is 0.725. The number of rotatable bonds is 5. The minimum atomic E-state index is -0.00529. The minimum absolute atomic E-state index is 0.00529. The highest BCUT2D eigenvalue weighted by molar-refractivity contribution is 5.95. The highest BCUT2D eigenvalue weighted by Crippen LogP contribution is 2.23. The van der Waals surface area contributed by atoms with Crippen molar-refractivity contribution in [2.75, 3.05) is 26.2 Å². The Morgan fingerprint density at radius 1 is 1.04 bits per heavy atom. The van der Waals surface area contributed by atoms with Crippen molar-refractivity contribution in [1.29, 1.82) is 0 Å². The molecule has 2 aromatic carbocycles. The average Bonchev–Trinajstić information content (AvgIpc) is 3.02. The van der Waals surface area contributed by atoms with E-state index in [-0.39, 0.29) is 5.91 Å². The molecule has 0 aliphatic carbocycles. The fourth-order valence-electron chi connectivity index (χ4n) is 3.74. The van der Waals surface area contributed by atoms with E-state index in [2.05, 4.69) is 26.3 Å². The molecule has 5 nitrogen and oxygen atoms in total. The van der Waals surface area contributed by atoms with Gasteiger partial charge in [0, 0.05) is 18.7 Å². The van der Waals surface area contributed by atoms with Gasteiger partial charge in [-0.1, -0.05) is 31.0 Å². The smallest absolute Gasteiger partial charge is 0.251 e. The molecule has 140 valence electrons. The first kappa shape index (κ1) is 17.7. The van der Waals surface area contributed by atoms with E-state index in [4.69, 9.17) is 0 Å². The lowest BCUT2D eigenvalue weighted by Gasteiger charge is -2.19. The summed E-state index contributed by atoms with van der Waals surface area (Å²) >= 11 is 0. The number of fused-ring (bicyclic) bond motifs is 1. The summed E-state index contributed by atoms with van der Waals surface area (Å²) in [6, 6.07) is 13.9. The molecule has 3 aromatic rings. The molecule has 5 heteroatoms. The lowest BCUT2D eigenvalue weighted by Crippen LogP contribution is -2.35. The molecule has 4 rings (SSSR count). The Labute approximate surface area is 159 Å². The Hall–Kier alpha value is -2.66. The summed E-state index contributed by atoms with van der Waals surface area (Å²) in [4.78, 5) is 22.4. The third kappa shape index (κ3) is 4.37. The summed E-state index contributed by atoms with van der Waals surface area (Å²) < 4.78 is 0. The van der Waals surface area contributed by atoms with Crippen LogP contribution >= 0.6 is 0 Å². The highest BCUT2D eigenvalue weighted by Gasteiger charge is 2.11. The fourth-order valence-corrected chi connectivity index (χ4v) is 3.74. The molecule has 0 bridgehead atoms. The predicted octanol–water partition coefficient (Wildman–Crippen LogP) is 3.84. The monoisotopic (exact) mass is 362 g/mol. The zero-order chi connectivity index (χ0) is 18.5. The van der Waals surface area contributed by atoms with Crippen molar-refractivity contribution in [3.8, 4) is 11.1 Å². The number of benzene rings is 2. The van der Waals surface area contributed by atoms with Gasteiger partial charge in [-0.25, -0.2) is 4.98 Å². The number of nitrogens with zero attached hydrogens (tertiary/aromatic N) is 2. The van der Waals surface area contributed by atoms with E-state index in [1.807, 2.05) is 36.4 Å². The lowest BCUT2D eigenvalue weighted by atomic mass is 10.0. The Morgan fingerprint density at radius 3 is 2.70 bits per heavy atom. The topological polar surface area (TPSA) is 61.0 Å². The summed E-state index contributed by atoms with van der Waals surface area (Å²) in [6.07, 6.45) is 6.91. The van der Waals surface area contributed by atoms with Crippen LogP contribution < -0.4 is 5.32 Å². The Bertz CT molecular complexity index is 909. The molecule has 1 saturated heterocycles. The third-order valence-electron chi connectivity index (χ3n) is 5.29. The van der Waals surface area contributed by atoms with Crippen LogP contribution in [-0.4, -0.2) is 47.0 Å². The zero-order valence-corrected chi connectivity index (χ0v) is 15.6. The van der Waals surface area contributed by atoms with Gasteiger partial charge in [-0.3, -0.25) is 4.79 Å². The number of aromatic amines is 1. The van der Waals surface area contributed by atoms with Gasteiger partial charge in [0.05, 0.1) is 17.4 Å². The molecule has 2 N–H and O–H groups in total. The Balaban J connectivity index is 1.39. The van der Waals surface area contributed by atoms with Gasteiger partial charge in [-0.15, -0.1) is 0 Å². The molecular formula is C22H26N4O. The van der Waals surface area contributed by atoms with Gasteiger partial charge in [0.15, 0.2) is 0 Å². The first-order valence-electron chi connectivity index (χ1n) is 9.84. The Morgan fingerprint density at radius 2 is 1.85 bits per heavy atom. The lowest BCUT2D eigenvalue weighted by molar-refractivity contribution is 0.0948. The van der Waals surface area contributed by atoms with E-state index in [0.29, 0.717) is 12.1 Å². The largest absolute Gasteiger partial charge is 0.351 e. The van der Waals surface area contributed by atoms with Crippen molar-refractivity contribution in [2.45, 2.75) is 25.7 Å². The number of H-pyrrole nitrogens is 1. The van der Waals surface area contributed by atoms with Crippen LogP contribution in [0.25, 0.3) is 22.2 Å². The van der Waals surface area contributed by atoms with Crippen molar-refractivity contribution in [2.24, 2.45) is 0 Å². The molecule has 0 radical (unpaired) electrons. The summed E-state index contributed by atoms with van der Waals surface area (Å²) in [7, 11) is 0. The first-order valence-corrected chi connectivity index (χ1v) is 9.84. The molecule has 1 aliphatic rings. The number of amides is 1. The summed E-state index contributed by atoms with van der Waals surface area (Å²) in [5, 5.41) is 3.07. The first-order chi connectivity index (χ1) is 13.3. The fraction of sp³-hybridized carbons (Fsp3) is 0.364. The van der Waals surface area contributed by atoms with E-state index in [1.165, 1.54) is 25.7 Å². The molecule has 0 unspecified atom stereocenters. The standard InChI is InChI=1S/C22H26N4O/c27-22(23-10-13-26-11-3-1-2-4-12-26)19-7-5-6-17(14-19)18-8-9-20-21(15-18)25-16-24-20/h5-9,14-16H,1-4,10-13H2,(H,23,27)(H,24,25). The van der Waals surface area contributed by atoms with Crippen LogP contribution in [0.15, 0.2) is 48.8 Å². The van der Waals surface area contributed by atoms with Crippen LogP contribution in [0.1, 0.15) is 36.0 Å². The van der Waals surface area contributed by atoms with E-state index in [9.17, 15) is 4.79 Å². The SMILES string of the molecule is O=C(NCCN1CCCCCC1)c1cccc(-c2ccc3nc[nH]c3c2)c1. The zero-order valence-electron chi connectivity index (χ0n) is 15.6.